The first-order chi connectivity index (χ1) is 9.60. The molecule has 0 aromatic rings. The van der Waals surface area contributed by atoms with E-state index < -0.39 is 0 Å². The first-order valence-electron chi connectivity index (χ1n) is 7.64. The SMILES string of the molecule is CCC1CCCCN1C(=O)CCN(CCOC)C(C)=O. The fourth-order valence-corrected chi connectivity index (χ4v) is 2.76. The van der Waals surface area contributed by atoms with Crippen LogP contribution in [-0.4, -0.2) is 61.0 Å². The third kappa shape index (κ3) is 5.12. The molecule has 20 heavy (non-hydrogen) atoms. The van der Waals surface area contributed by atoms with E-state index >= 15 is 0 Å². The zero-order chi connectivity index (χ0) is 15.0. The Hall–Kier alpha value is -1.10. The summed E-state index contributed by atoms with van der Waals surface area (Å²) in [6, 6.07) is 0.390. The highest BCUT2D eigenvalue weighted by Gasteiger charge is 2.25. The number of hydrogen-bond donors (Lipinski definition) is 0. The number of carbonyl (C=O) groups excluding carboxylic acids is 2. The molecule has 5 nitrogen and oxygen atoms in total. The summed E-state index contributed by atoms with van der Waals surface area (Å²) in [6.45, 7) is 6.10. The molecule has 116 valence electrons. The van der Waals surface area contributed by atoms with Crippen molar-refractivity contribution in [2.45, 2.75) is 52.0 Å². The predicted octanol–water partition coefficient (Wildman–Crippen LogP) is 1.66. The molecule has 1 saturated heterocycles. The summed E-state index contributed by atoms with van der Waals surface area (Å²) in [4.78, 5) is 27.5. The van der Waals surface area contributed by atoms with Crippen LogP contribution in [-0.2, 0) is 14.3 Å². The zero-order valence-electron chi connectivity index (χ0n) is 13.1. The highest BCUT2D eigenvalue weighted by Crippen LogP contribution is 2.20. The minimum atomic E-state index is 0.000496. The summed E-state index contributed by atoms with van der Waals surface area (Å²) >= 11 is 0. The number of hydrogen-bond acceptors (Lipinski definition) is 3. The average Bonchev–Trinajstić information content (AvgIpc) is 2.46. The number of amides is 2. The van der Waals surface area contributed by atoms with Crippen LogP contribution in [0.25, 0.3) is 0 Å². The van der Waals surface area contributed by atoms with Crippen molar-refractivity contribution in [3.8, 4) is 0 Å². The molecule has 0 bridgehead atoms. The molecular formula is C15H28N2O3. The van der Waals surface area contributed by atoms with Gasteiger partial charge in [-0.05, 0) is 25.7 Å². The van der Waals surface area contributed by atoms with Gasteiger partial charge in [-0.2, -0.15) is 0 Å². The van der Waals surface area contributed by atoms with Gasteiger partial charge < -0.3 is 14.5 Å². The first-order valence-corrected chi connectivity index (χ1v) is 7.64. The quantitative estimate of drug-likeness (QED) is 0.714. The highest BCUT2D eigenvalue weighted by atomic mass is 16.5. The molecule has 0 N–H and O–H groups in total. The second kappa shape index (κ2) is 8.95. The molecule has 0 aromatic carbocycles. The number of nitrogens with zero attached hydrogens (tertiary/aromatic N) is 2. The van der Waals surface area contributed by atoms with Crippen LogP contribution < -0.4 is 0 Å². The summed E-state index contributed by atoms with van der Waals surface area (Å²) in [6.07, 6.45) is 4.87. The van der Waals surface area contributed by atoms with E-state index in [9.17, 15) is 9.59 Å². The molecule has 0 aliphatic carbocycles. The smallest absolute Gasteiger partial charge is 0.224 e. The van der Waals surface area contributed by atoms with Crippen LogP contribution in [0.4, 0.5) is 0 Å². The van der Waals surface area contributed by atoms with Crippen LogP contribution in [0.15, 0.2) is 0 Å². The first kappa shape index (κ1) is 17.0. The minimum Gasteiger partial charge on any atom is -0.383 e. The van der Waals surface area contributed by atoms with Gasteiger partial charge in [-0.1, -0.05) is 6.92 Å². The van der Waals surface area contributed by atoms with Gasteiger partial charge in [0.1, 0.15) is 0 Å². The lowest BCUT2D eigenvalue weighted by Gasteiger charge is -2.35. The fraction of sp³-hybridized carbons (Fsp3) is 0.867. The lowest BCUT2D eigenvalue weighted by Crippen LogP contribution is -2.45. The van der Waals surface area contributed by atoms with Crippen LogP contribution in [0.3, 0.4) is 0 Å². The summed E-state index contributed by atoms with van der Waals surface area (Å²) in [5, 5.41) is 0. The van der Waals surface area contributed by atoms with Gasteiger partial charge >= 0.3 is 0 Å². The van der Waals surface area contributed by atoms with Crippen molar-refractivity contribution < 1.29 is 14.3 Å². The Morgan fingerprint density at radius 1 is 1.30 bits per heavy atom. The average molecular weight is 284 g/mol. The molecule has 1 heterocycles. The van der Waals surface area contributed by atoms with Gasteiger partial charge in [0.05, 0.1) is 6.61 Å². The summed E-state index contributed by atoms with van der Waals surface area (Å²) in [5.41, 5.74) is 0. The van der Waals surface area contributed by atoms with Gasteiger partial charge in [0.15, 0.2) is 0 Å². The summed E-state index contributed by atoms with van der Waals surface area (Å²) in [5.74, 6) is 0.181. The van der Waals surface area contributed by atoms with Crippen LogP contribution in [0.5, 0.6) is 0 Å². The molecule has 1 rings (SSSR count). The normalized spacial score (nSPS) is 18.9. The largest absolute Gasteiger partial charge is 0.383 e. The number of likely N-dealkylation sites (tertiary alicyclic amines) is 1. The monoisotopic (exact) mass is 284 g/mol. The highest BCUT2D eigenvalue weighted by molar-refractivity contribution is 5.78. The third-order valence-corrected chi connectivity index (χ3v) is 4.02. The Kier molecular flexibility index (Phi) is 7.59. The molecule has 0 spiro atoms. The molecule has 0 saturated carbocycles. The van der Waals surface area contributed by atoms with E-state index in [1.807, 2.05) is 4.90 Å². The second-order valence-corrected chi connectivity index (χ2v) is 5.39. The van der Waals surface area contributed by atoms with Crippen LogP contribution >= 0.6 is 0 Å². The molecule has 0 radical (unpaired) electrons. The van der Waals surface area contributed by atoms with Crippen LogP contribution in [0, 0.1) is 0 Å². The van der Waals surface area contributed by atoms with Crippen molar-refractivity contribution in [1.82, 2.24) is 9.80 Å². The molecule has 1 fully saturated rings. The van der Waals surface area contributed by atoms with E-state index in [-0.39, 0.29) is 11.8 Å². The topological polar surface area (TPSA) is 49.9 Å². The number of ether oxygens (including phenoxy) is 1. The standard InChI is InChI=1S/C15H28N2O3/c1-4-14-7-5-6-9-17(14)15(19)8-10-16(13(2)18)11-12-20-3/h14H,4-12H2,1-3H3. The second-order valence-electron chi connectivity index (χ2n) is 5.39. The molecule has 1 atom stereocenters. The van der Waals surface area contributed by atoms with Crippen molar-refractivity contribution in [2.75, 3.05) is 33.4 Å². The minimum absolute atomic E-state index is 0.000496. The molecular weight excluding hydrogens is 256 g/mol. The van der Waals surface area contributed by atoms with E-state index in [2.05, 4.69) is 6.92 Å². The van der Waals surface area contributed by atoms with Crippen LogP contribution in [0.1, 0.15) is 46.0 Å². The Balaban J connectivity index is 2.45. The van der Waals surface area contributed by atoms with E-state index in [1.54, 1.807) is 12.0 Å². The number of piperidine rings is 1. The van der Waals surface area contributed by atoms with Crippen molar-refractivity contribution >= 4 is 11.8 Å². The van der Waals surface area contributed by atoms with E-state index in [0.717, 1.165) is 25.8 Å². The maximum absolute atomic E-state index is 12.3. The molecule has 5 heteroatoms. The van der Waals surface area contributed by atoms with Crippen molar-refractivity contribution in [2.24, 2.45) is 0 Å². The van der Waals surface area contributed by atoms with E-state index in [0.29, 0.717) is 32.2 Å². The predicted molar refractivity (Wildman–Crippen MR) is 78.4 cm³/mol. The van der Waals surface area contributed by atoms with Gasteiger partial charge in [0.25, 0.3) is 0 Å². The Morgan fingerprint density at radius 2 is 2.05 bits per heavy atom. The van der Waals surface area contributed by atoms with Crippen molar-refractivity contribution in [1.29, 1.82) is 0 Å². The van der Waals surface area contributed by atoms with Gasteiger partial charge in [0, 0.05) is 46.1 Å². The maximum Gasteiger partial charge on any atom is 0.224 e. The van der Waals surface area contributed by atoms with Crippen molar-refractivity contribution in [3.05, 3.63) is 0 Å². The third-order valence-electron chi connectivity index (χ3n) is 4.02. The van der Waals surface area contributed by atoms with Crippen LogP contribution in [0.2, 0.25) is 0 Å². The maximum atomic E-state index is 12.3. The molecule has 0 aromatic heterocycles. The zero-order valence-corrected chi connectivity index (χ0v) is 13.1. The Bertz CT molecular complexity index is 320. The number of methoxy groups -OCH3 is 1. The van der Waals surface area contributed by atoms with E-state index in [4.69, 9.17) is 4.74 Å². The lowest BCUT2D eigenvalue weighted by atomic mass is 9.99. The van der Waals surface area contributed by atoms with E-state index in [1.165, 1.54) is 13.3 Å². The fourth-order valence-electron chi connectivity index (χ4n) is 2.76. The molecule has 1 aliphatic rings. The summed E-state index contributed by atoms with van der Waals surface area (Å²) < 4.78 is 4.99. The van der Waals surface area contributed by atoms with Gasteiger partial charge in [-0.25, -0.2) is 0 Å². The molecule has 1 unspecified atom stereocenters. The van der Waals surface area contributed by atoms with Gasteiger partial charge in [0.2, 0.25) is 11.8 Å². The lowest BCUT2D eigenvalue weighted by molar-refractivity contribution is -0.136. The molecule has 1 aliphatic heterocycles. The van der Waals surface area contributed by atoms with Crippen molar-refractivity contribution in [3.63, 3.8) is 0 Å². The molecule has 2 amide bonds. The number of carbonyl (C=O) groups is 2. The van der Waals surface area contributed by atoms with Gasteiger partial charge in [-0.15, -0.1) is 0 Å². The van der Waals surface area contributed by atoms with Gasteiger partial charge in [-0.3, -0.25) is 9.59 Å². The number of rotatable bonds is 7. The summed E-state index contributed by atoms with van der Waals surface area (Å²) in [7, 11) is 1.61. The Morgan fingerprint density at radius 3 is 2.65 bits per heavy atom. The Labute approximate surface area is 122 Å².